The average Bonchev–Trinajstić information content (AvgIpc) is 3.52. The molecular weight excluding hydrogens is 699 g/mol. The van der Waals surface area contributed by atoms with Gasteiger partial charge in [0, 0.05) is 50.4 Å². The molecule has 0 spiro atoms. The summed E-state index contributed by atoms with van der Waals surface area (Å²) in [5, 5.41) is 25.9. The second-order valence-electron chi connectivity index (χ2n) is 14.9. The van der Waals surface area contributed by atoms with E-state index in [1.807, 2.05) is 70.0 Å². The SMILES string of the molecule is CC(=O)O[C@H](C[C@H](C(C)C)N(C)C(=O)[C@@H](NC(=O)[C@H]1CCCCN1C)C(C)C)c1nc(C(=O)N[C@@H](Cc2ccccc2)C[C@H](C)C(=O)O)c(CCO)s1. The molecule has 4 N–H and O–H groups in total. The minimum absolute atomic E-state index is 0.0676. The minimum Gasteiger partial charge on any atom is -0.481 e. The third kappa shape index (κ3) is 12.6. The Balaban J connectivity index is 1.90. The molecule has 0 aliphatic carbocycles. The summed E-state index contributed by atoms with van der Waals surface area (Å²) in [6.45, 7) is 11.2. The number of thiazole rings is 1. The first-order chi connectivity index (χ1) is 25.0. The van der Waals surface area contributed by atoms with Gasteiger partial charge in [-0.05, 0) is 56.7 Å². The van der Waals surface area contributed by atoms with E-state index in [9.17, 15) is 34.2 Å². The van der Waals surface area contributed by atoms with E-state index in [-0.39, 0.29) is 61.3 Å². The maximum Gasteiger partial charge on any atom is 0.306 e. The third-order valence-electron chi connectivity index (χ3n) is 9.95. The molecule has 1 aromatic carbocycles. The monoisotopic (exact) mass is 757 g/mol. The van der Waals surface area contributed by atoms with Crippen molar-refractivity contribution in [3.63, 3.8) is 0 Å². The summed E-state index contributed by atoms with van der Waals surface area (Å²) in [6.07, 6.45) is 2.67. The molecule has 0 bridgehead atoms. The summed E-state index contributed by atoms with van der Waals surface area (Å²) >= 11 is 1.15. The van der Waals surface area contributed by atoms with Crippen molar-refractivity contribution in [2.45, 2.75) is 117 Å². The lowest BCUT2D eigenvalue weighted by Gasteiger charge is -2.37. The van der Waals surface area contributed by atoms with Gasteiger partial charge in [-0.1, -0.05) is 71.4 Å². The first kappa shape index (κ1) is 43.5. The van der Waals surface area contributed by atoms with Crippen LogP contribution in [0.1, 0.15) is 106 Å². The summed E-state index contributed by atoms with van der Waals surface area (Å²) in [5.74, 6) is -3.48. The Morgan fingerprint density at radius 2 is 1.70 bits per heavy atom. The molecule has 1 fully saturated rings. The predicted octanol–water partition coefficient (Wildman–Crippen LogP) is 4.23. The molecule has 6 atom stereocenters. The van der Waals surface area contributed by atoms with E-state index in [1.54, 1.807) is 18.9 Å². The maximum absolute atomic E-state index is 14.1. The number of aliphatic hydroxyl groups excluding tert-OH is 1. The number of likely N-dealkylation sites (tertiary alicyclic amines) is 1. The van der Waals surface area contributed by atoms with Crippen molar-refractivity contribution in [3.05, 3.63) is 51.5 Å². The Labute approximate surface area is 317 Å². The largest absolute Gasteiger partial charge is 0.481 e. The Bertz CT molecular complexity index is 1530. The van der Waals surface area contributed by atoms with E-state index in [0.717, 1.165) is 42.7 Å². The molecule has 53 heavy (non-hydrogen) atoms. The average molecular weight is 758 g/mol. The number of carboxylic acids is 1. The number of aliphatic hydroxyl groups is 1. The van der Waals surface area contributed by atoms with Crippen LogP contribution in [-0.2, 0) is 36.8 Å². The molecular formula is C39H59N5O8S. The fourth-order valence-corrected chi connectivity index (χ4v) is 7.97. The summed E-state index contributed by atoms with van der Waals surface area (Å²) in [5.41, 5.74) is 0.997. The summed E-state index contributed by atoms with van der Waals surface area (Å²) < 4.78 is 5.81. The Morgan fingerprint density at radius 1 is 1.02 bits per heavy atom. The van der Waals surface area contributed by atoms with Crippen LogP contribution in [0, 0.1) is 17.8 Å². The molecule has 2 heterocycles. The zero-order valence-corrected chi connectivity index (χ0v) is 33.3. The van der Waals surface area contributed by atoms with E-state index >= 15 is 0 Å². The number of amides is 3. The van der Waals surface area contributed by atoms with Crippen LogP contribution in [0.3, 0.4) is 0 Å². The number of ether oxygens (including phenoxy) is 1. The van der Waals surface area contributed by atoms with Gasteiger partial charge in [-0.15, -0.1) is 11.3 Å². The van der Waals surface area contributed by atoms with E-state index in [2.05, 4.69) is 15.6 Å². The van der Waals surface area contributed by atoms with Crippen LogP contribution in [0.5, 0.6) is 0 Å². The molecule has 0 radical (unpaired) electrons. The van der Waals surface area contributed by atoms with Gasteiger partial charge in [0.15, 0.2) is 6.10 Å². The van der Waals surface area contributed by atoms with Gasteiger partial charge in [0.1, 0.15) is 16.7 Å². The van der Waals surface area contributed by atoms with Gasteiger partial charge in [-0.2, -0.15) is 0 Å². The molecule has 14 heteroatoms. The number of nitrogens with one attached hydrogen (secondary N) is 2. The highest BCUT2D eigenvalue weighted by Crippen LogP contribution is 2.33. The van der Waals surface area contributed by atoms with Gasteiger partial charge in [0.25, 0.3) is 5.91 Å². The summed E-state index contributed by atoms with van der Waals surface area (Å²) in [6, 6.07) is 7.41. The fraction of sp³-hybridized carbons (Fsp3) is 0.641. The quantitative estimate of drug-likeness (QED) is 0.152. The molecule has 294 valence electrons. The van der Waals surface area contributed by atoms with Crippen LogP contribution in [0.2, 0.25) is 0 Å². The first-order valence-electron chi connectivity index (χ1n) is 18.7. The standard InChI is InChI=1S/C39H59N5O8S/c1-23(2)30(44(8)38(49)33(24(3)4)41-35(47)29-16-12-13-18-43(29)7)22-31(52-26(6)46)37-42-34(32(53-37)17-19-45)36(48)40-28(20-25(5)39(50)51)21-27-14-10-9-11-15-27/h9-11,14-15,23-25,28-31,33,45H,12-13,16-22H2,1-8H3,(H,40,48)(H,41,47)(H,50,51)/t25-,28+,29+,30+,31+,33-/m0/s1. The zero-order valence-electron chi connectivity index (χ0n) is 32.5. The van der Waals surface area contributed by atoms with Crippen molar-refractivity contribution in [1.82, 2.24) is 25.4 Å². The zero-order chi connectivity index (χ0) is 39.4. The van der Waals surface area contributed by atoms with Crippen molar-refractivity contribution in [3.8, 4) is 0 Å². The van der Waals surface area contributed by atoms with Crippen LogP contribution < -0.4 is 10.6 Å². The van der Waals surface area contributed by atoms with Crippen molar-refractivity contribution in [2.24, 2.45) is 17.8 Å². The number of carboxylic acid groups (broad SMARTS) is 1. The molecule has 1 saturated heterocycles. The highest BCUT2D eigenvalue weighted by atomic mass is 32.1. The van der Waals surface area contributed by atoms with Gasteiger partial charge >= 0.3 is 11.9 Å². The first-order valence-corrected chi connectivity index (χ1v) is 19.5. The number of carbonyl (C=O) groups excluding carboxylic acids is 4. The van der Waals surface area contributed by atoms with Gasteiger partial charge in [-0.25, -0.2) is 4.98 Å². The minimum atomic E-state index is -0.972. The van der Waals surface area contributed by atoms with E-state index in [1.165, 1.54) is 6.92 Å². The number of rotatable bonds is 19. The van der Waals surface area contributed by atoms with E-state index in [0.29, 0.717) is 16.3 Å². The van der Waals surface area contributed by atoms with E-state index < -0.39 is 48.0 Å². The number of hydrogen-bond donors (Lipinski definition) is 4. The molecule has 3 rings (SSSR count). The second-order valence-corrected chi connectivity index (χ2v) is 16.1. The molecule has 1 aliphatic heterocycles. The maximum atomic E-state index is 14.1. The Morgan fingerprint density at radius 3 is 2.26 bits per heavy atom. The van der Waals surface area contributed by atoms with Crippen LogP contribution in [-0.4, -0.2) is 106 Å². The lowest BCUT2D eigenvalue weighted by atomic mass is 9.94. The summed E-state index contributed by atoms with van der Waals surface area (Å²) in [7, 11) is 3.61. The molecule has 2 aromatic rings. The molecule has 1 aromatic heterocycles. The fourth-order valence-electron chi connectivity index (χ4n) is 6.88. The highest BCUT2D eigenvalue weighted by molar-refractivity contribution is 7.12. The number of aliphatic carboxylic acids is 1. The summed E-state index contributed by atoms with van der Waals surface area (Å²) in [4.78, 5) is 74.3. The van der Waals surface area contributed by atoms with Gasteiger partial charge in [0.05, 0.1) is 12.0 Å². The van der Waals surface area contributed by atoms with Crippen LogP contribution >= 0.6 is 11.3 Å². The van der Waals surface area contributed by atoms with Gasteiger partial charge < -0.3 is 30.5 Å². The van der Waals surface area contributed by atoms with Gasteiger partial charge in [-0.3, -0.25) is 28.9 Å². The predicted molar refractivity (Wildman–Crippen MR) is 203 cm³/mol. The van der Waals surface area contributed by atoms with E-state index in [4.69, 9.17) is 4.74 Å². The molecule has 13 nitrogen and oxygen atoms in total. The van der Waals surface area contributed by atoms with Crippen molar-refractivity contribution >= 4 is 41.0 Å². The molecule has 1 aliphatic rings. The van der Waals surface area contributed by atoms with Crippen LogP contribution in [0.4, 0.5) is 0 Å². The lowest BCUT2D eigenvalue weighted by Crippen LogP contribution is -2.57. The lowest BCUT2D eigenvalue weighted by molar-refractivity contribution is -0.149. The molecule has 0 unspecified atom stereocenters. The van der Waals surface area contributed by atoms with Crippen molar-refractivity contribution in [2.75, 3.05) is 27.2 Å². The number of nitrogens with zero attached hydrogens (tertiary/aromatic N) is 3. The molecule has 0 saturated carbocycles. The highest BCUT2D eigenvalue weighted by Gasteiger charge is 2.37. The second kappa shape index (κ2) is 20.5. The topological polar surface area (TPSA) is 178 Å². The normalized spacial score (nSPS) is 17.8. The number of aromatic nitrogens is 1. The number of hydrogen-bond acceptors (Lipinski definition) is 10. The number of benzene rings is 1. The van der Waals surface area contributed by atoms with Crippen LogP contribution in [0.25, 0.3) is 0 Å². The van der Waals surface area contributed by atoms with Crippen molar-refractivity contribution in [1.29, 1.82) is 0 Å². The Kier molecular flexibility index (Phi) is 16.9. The Hall–Kier alpha value is -3.88. The number of piperidine rings is 1. The molecule has 3 amide bonds. The van der Waals surface area contributed by atoms with Crippen molar-refractivity contribution < 1.29 is 38.9 Å². The number of carbonyl (C=O) groups is 5. The number of esters is 1. The third-order valence-corrected chi connectivity index (χ3v) is 11.2. The van der Waals surface area contributed by atoms with Gasteiger partial charge in [0.2, 0.25) is 11.8 Å². The smallest absolute Gasteiger partial charge is 0.306 e. The van der Waals surface area contributed by atoms with Crippen LogP contribution in [0.15, 0.2) is 30.3 Å². The number of likely N-dealkylation sites (N-methyl/N-ethyl adjacent to an activating group) is 2.